The standard InChI is InChI=1S/C11H17F2NO2/c1-2-9(15)10(7-16-8-10)14-5-3-11(12,13)4-6-14/h2-8H2,1H3. The predicted octanol–water partition coefficient (Wildman–Crippen LogP) is 1.47. The molecule has 0 aliphatic carbocycles. The number of hydrogen-bond acceptors (Lipinski definition) is 3. The van der Waals surface area contributed by atoms with Gasteiger partial charge in [-0.15, -0.1) is 0 Å². The summed E-state index contributed by atoms with van der Waals surface area (Å²) in [7, 11) is 0. The molecule has 0 unspecified atom stereocenters. The Morgan fingerprint density at radius 3 is 2.25 bits per heavy atom. The van der Waals surface area contributed by atoms with E-state index in [1.807, 2.05) is 4.90 Å². The lowest BCUT2D eigenvalue weighted by atomic mass is 9.86. The van der Waals surface area contributed by atoms with Crippen LogP contribution in [0.3, 0.4) is 0 Å². The summed E-state index contributed by atoms with van der Waals surface area (Å²) in [5.41, 5.74) is -0.592. The first-order chi connectivity index (χ1) is 7.50. The fourth-order valence-electron chi connectivity index (χ4n) is 2.41. The molecular formula is C11H17F2NO2. The summed E-state index contributed by atoms with van der Waals surface area (Å²) in [5, 5.41) is 0. The molecule has 0 spiro atoms. The molecule has 0 amide bonds. The highest BCUT2D eigenvalue weighted by Gasteiger charge is 2.51. The van der Waals surface area contributed by atoms with Gasteiger partial charge in [-0.25, -0.2) is 8.78 Å². The van der Waals surface area contributed by atoms with E-state index in [1.165, 1.54) is 0 Å². The van der Waals surface area contributed by atoms with Crippen molar-refractivity contribution < 1.29 is 18.3 Å². The summed E-state index contributed by atoms with van der Waals surface area (Å²) in [5.74, 6) is -2.44. The number of nitrogens with zero attached hydrogens (tertiary/aromatic N) is 1. The van der Waals surface area contributed by atoms with Crippen LogP contribution in [0, 0.1) is 0 Å². The van der Waals surface area contributed by atoms with Crippen molar-refractivity contribution in [2.45, 2.75) is 37.6 Å². The van der Waals surface area contributed by atoms with Gasteiger partial charge in [0.15, 0.2) is 5.78 Å². The fourth-order valence-corrected chi connectivity index (χ4v) is 2.41. The van der Waals surface area contributed by atoms with E-state index < -0.39 is 11.5 Å². The minimum Gasteiger partial charge on any atom is -0.376 e. The Morgan fingerprint density at radius 2 is 1.88 bits per heavy atom. The first-order valence-electron chi connectivity index (χ1n) is 5.74. The molecule has 0 radical (unpaired) electrons. The molecule has 0 aromatic carbocycles. The van der Waals surface area contributed by atoms with Crippen LogP contribution in [0.15, 0.2) is 0 Å². The number of Topliss-reactive ketones (excluding diaryl/α,β-unsaturated/α-hetero) is 1. The van der Waals surface area contributed by atoms with Crippen molar-refractivity contribution >= 4 is 5.78 Å². The second-order valence-electron chi connectivity index (χ2n) is 4.64. The number of ketones is 1. The predicted molar refractivity (Wildman–Crippen MR) is 54.6 cm³/mol. The quantitative estimate of drug-likeness (QED) is 0.739. The maximum Gasteiger partial charge on any atom is 0.250 e. The van der Waals surface area contributed by atoms with Crippen LogP contribution in [0.2, 0.25) is 0 Å². The molecule has 5 heteroatoms. The number of hydrogen-bond donors (Lipinski definition) is 0. The van der Waals surface area contributed by atoms with Crippen LogP contribution in [-0.4, -0.2) is 48.4 Å². The molecule has 2 rings (SSSR count). The third-order valence-electron chi connectivity index (χ3n) is 3.62. The van der Waals surface area contributed by atoms with Crippen molar-refractivity contribution in [1.29, 1.82) is 0 Å². The molecule has 2 aliphatic heterocycles. The smallest absolute Gasteiger partial charge is 0.250 e. The number of likely N-dealkylation sites (tertiary alicyclic amines) is 1. The van der Waals surface area contributed by atoms with Gasteiger partial charge in [-0.1, -0.05) is 6.92 Å². The Bertz CT molecular complexity index is 280. The molecule has 16 heavy (non-hydrogen) atoms. The normalized spacial score (nSPS) is 28.4. The Balaban J connectivity index is 2.04. The Morgan fingerprint density at radius 1 is 1.31 bits per heavy atom. The highest BCUT2D eigenvalue weighted by atomic mass is 19.3. The Labute approximate surface area is 93.7 Å². The molecule has 2 saturated heterocycles. The van der Waals surface area contributed by atoms with E-state index in [1.54, 1.807) is 6.92 Å². The maximum atomic E-state index is 13.0. The largest absolute Gasteiger partial charge is 0.376 e. The third kappa shape index (κ3) is 1.86. The number of alkyl halides is 2. The Hall–Kier alpha value is -0.550. The van der Waals surface area contributed by atoms with Gasteiger partial charge >= 0.3 is 0 Å². The molecular weight excluding hydrogens is 216 g/mol. The van der Waals surface area contributed by atoms with Crippen LogP contribution >= 0.6 is 0 Å². The number of carbonyl (C=O) groups excluding carboxylic acids is 1. The second kappa shape index (κ2) is 4.04. The van der Waals surface area contributed by atoms with Crippen molar-refractivity contribution in [1.82, 2.24) is 4.90 Å². The van der Waals surface area contributed by atoms with E-state index in [0.29, 0.717) is 32.7 Å². The van der Waals surface area contributed by atoms with Gasteiger partial charge in [0.1, 0.15) is 5.54 Å². The highest BCUT2D eigenvalue weighted by Crippen LogP contribution is 2.35. The van der Waals surface area contributed by atoms with E-state index >= 15 is 0 Å². The molecule has 0 N–H and O–H groups in total. The van der Waals surface area contributed by atoms with Crippen molar-refractivity contribution in [2.24, 2.45) is 0 Å². The van der Waals surface area contributed by atoms with E-state index in [-0.39, 0.29) is 18.6 Å². The van der Waals surface area contributed by atoms with Crippen molar-refractivity contribution in [3.63, 3.8) is 0 Å². The number of piperidine rings is 1. The van der Waals surface area contributed by atoms with Crippen molar-refractivity contribution in [3.05, 3.63) is 0 Å². The SMILES string of the molecule is CCC(=O)C1(N2CCC(F)(F)CC2)COC1. The van der Waals surface area contributed by atoms with Gasteiger partial charge in [0.2, 0.25) is 0 Å². The summed E-state index contributed by atoms with van der Waals surface area (Å²) in [6, 6.07) is 0. The van der Waals surface area contributed by atoms with Crippen LogP contribution in [0.25, 0.3) is 0 Å². The van der Waals surface area contributed by atoms with Crippen LogP contribution in [0.5, 0.6) is 0 Å². The second-order valence-corrected chi connectivity index (χ2v) is 4.64. The summed E-state index contributed by atoms with van der Waals surface area (Å²) < 4.78 is 31.2. The first kappa shape index (κ1) is 11.9. The topological polar surface area (TPSA) is 29.5 Å². The average Bonchev–Trinajstić information content (AvgIpc) is 2.18. The van der Waals surface area contributed by atoms with Gasteiger partial charge in [-0.3, -0.25) is 9.69 Å². The van der Waals surface area contributed by atoms with E-state index in [2.05, 4.69) is 0 Å². The minimum absolute atomic E-state index is 0.115. The van der Waals surface area contributed by atoms with Crippen LogP contribution in [0.1, 0.15) is 26.2 Å². The molecule has 2 heterocycles. The van der Waals surface area contributed by atoms with E-state index in [9.17, 15) is 13.6 Å². The zero-order chi connectivity index (χ0) is 11.8. The summed E-state index contributed by atoms with van der Waals surface area (Å²) in [6.45, 7) is 3.13. The van der Waals surface area contributed by atoms with E-state index in [0.717, 1.165) is 0 Å². The van der Waals surface area contributed by atoms with Crippen LogP contribution < -0.4 is 0 Å². The monoisotopic (exact) mass is 233 g/mol. The molecule has 2 fully saturated rings. The molecule has 2 aliphatic rings. The molecule has 92 valence electrons. The molecule has 0 aromatic heterocycles. The zero-order valence-electron chi connectivity index (χ0n) is 9.47. The average molecular weight is 233 g/mol. The van der Waals surface area contributed by atoms with Gasteiger partial charge < -0.3 is 4.74 Å². The molecule has 0 saturated carbocycles. The van der Waals surface area contributed by atoms with Gasteiger partial charge in [-0.2, -0.15) is 0 Å². The van der Waals surface area contributed by atoms with Crippen molar-refractivity contribution in [2.75, 3.05) is 26.3 Å². The lowest BCUT2D eigenvalue weighted by molar-refractivity contribution is -0.180. The lowest BCUT2D eigenvalue weighted by Gasteiger charge is -2.50. The van der Waals surface area contributed by atoms with Gasteiger partial charge in [0.05, 0.1) is 13.2 Å². The Kier molecular flexibility index (Phi) is 3.01. The van der Waals surface area contributed by atoms with E-state index in [4.69, 9.17) is 4.74 Å². The summed E-state index contributed by atoms with van der Waals surface area (Å²) >= 11 is 0. The highest BCUT2D eigenvalue weighted by molar-refractivity contribution is 5.89. The van der Waals surface area contributed by atoms with Crippen LogP contribution in [-0.2, 0) is 9.53 Å². The molecule has 0 bridgehead atoms. The summed E-state index contributed by atoms with van der Waals surface area (Å²) in [4.78, 5) is 13.8. The van der Waals surface area contributed by atoms with Crippen molar-refractivity contribution in [3.8, 4) is 0 Å². The number of carbonyl (C=O) groups is 1. The van der Waals surface area contributed by atoms with Gasteiger partial charge in [0, 0.05) is 32.4 Å². The first-order valence-corrected chi connectivity index (χ1v) is 5.74. The van der Waals surface area contributed by atoms with Crippen LogP contribution in [0.4, 0.5) is 8.78 Å². The molecule has 3 nitrogen and oxygen atoms in total. The third-order valence-corrected chi connectivity index (χ3v) is 3.62. The number of rotatable bonds is 3. The van der Waals surface area contributed by atoms with Gasteiger partial charge in [-0.05, 0) is 0 Å². The zero-order valence-corrected chi connectivity index (χ0v) is 9.47. The molecule has 0 atom stereocenters. The number of halogens is 2. The summed E-state index contributed by atoms with van der Waals surface area (Å²) in [6.07, 6.45) is 0.147. The lowest BCUT2D eigenvalue weighted by Crippen LogP contribution is -2.68. The minimum atomic E-state index is -2.56. The fraction of sp³-hybridized carbons (Fsp3) is 0.909. The molecule has 0 aromatic rings. The number of ether oxygens (including phenoxy) is 1. The van der Waals surface area contributed by atoms with Gasteiger partial charge in [0.25, 0.3) is 5.92 Å². The maximum absolute atomic E-state index is 13.0.